The number of fused-ring (bicyclic) bond motifs is 2. The number of anilines is 4. The van der Waals surface area contributed by atoms with Crippen molar-refractivity contribution in [3.63, 3.8) is 0 Å². The Morgan fingerprint density at radius 1 is 0.745 bits per heavy atom. The summed E-state index contributed by atoms with van der Waals surface area (Å²) in [4.78, 5) is 16.3. The SMILES string of the molecule is COCOC(C#N)(C#N)c1c(F)c(F)c(C(=O)[O-])c(-c2c3ccc(N(C)c4ccccc4)cc3[o+]c3cc(N(C)c4ccccc4)ccc23)c1F. The topological polar surface area (TPSA) is 124 Å². The van der Waals surface area contributed by atoms with E-state index in [-0.39, 0.29) is 27.5 Å². The summed E-state index contributed by atoms with van der Waals surface area (Å²) >= 11 is 0. The zero-order valence-corrected chi connectivity index (χ0v) is 27.4. The fourth-order valence-electron chi connectivity index (χ4n) is 5.97. The Bertz CT molecular complexity index is 2280. The first kappa shape index (κ1) is 34.4. The van der Waals surface area contributed by atoms with Gasteiger partial charge in [-0.1, -0.05) is 36.4 Å². The van der Waals surface area contributed by atoms with Crippen molar-refractivity contribution in [2.75, 3.05) is 37.8 Å². The predicted molar refractivity (Wildman–Crippen MR) is 183 cm³/mol. The number of halogens is 3. The molecule has 0 atom stereocenters. The van der Waals surface area contributed by atoms with Crippen LogP contribution in [0.15, 0.2) is 101 Å². The largest absolute Gasteiger partial charge is 0.545 e. The highest BCUT2D eigenvalue weighted by Gasteiger charge is 2.44. The quantitative estimate of drug-likeness (QED) is 0.0616. The van der Waals surface area contributed by atoms with Crippen molar-refractivity contribution < 1.29 is 37.0 Å². The van der Waals surface area contributed by atoms with Gasteiger partial charge >= 0.3 is 11.2 Å². The van der Waals surface area contributed by atoms with Crippen LogP contribution in [0.25, 0.3) is 33.1 Å². The van der Waals surface area contributed by atoms with E-state index in [2.05, 4.69) is 0 Å². The van der Waals surface area contributed by atoms with Crippen LogP contribution in [0.2, 0.25) is 0 Å². The van der Waals surface area contributed by atoms with E-state index in [4.69, 9.17) is 13.9 Å². The Kier molecular flexibility index (Phi) is 9.31. The minimum absolute atomic E-state index is 0.104. The van der Waals surface area contributed by atoms with E-state index in [9.17, 15) is 20.4 Å². The smallest absolute Gasteiger partial charge is 0.363 e. The number of carboxylic acids is 1. The summed E-state index contributed by atoms with van der Waals surface area (Å²) in [5.74, 6) is -8.13. The Balaban J connectivity index is 1.73. The predicted octanol–water partition coefficient (Wildman–Crippen LogP) is 7.71. The number of carboxylic acid groups (broad SMARTS) is 1. The molecule has 1 heterocycles. The molecule has 9 nitrogen and oxygen atoms in total. The lowest BCUT2D eigenvalue weighted by molar-refractivity contribution is -0.255. The summed E-state index contributed by atoms with van der Waals surface area (Å²) in [6.45, 7) is -0.787. The maximum absolute atomic E-state index is 17.1. The lowest BCUT2D eigenvalue weighted by Gasteiger charge is -2.24. The Morgan fingerprint density at radius 3 is 1.67 bits per heavy atom. The van der Waals surface area contributed by atoms with Crippen LogP contribution in [0, 0.1) is 40.1 Å². The number of nitrogens with zero attached hydrogens (tertiary/aromatic N) is 4. The summed E-state index contributed by atoms with van der Waals surface area (Å²) in [6.07, 6.45) is 0. The molecule has 0 unspecified atom stereocenters. The number of ether oxygens (including phenoxy) is 2. The van der Waals surface area contributed by atoms with Gasteiger partial charge in [-0.3, -0.25) is 0 Å². The lowest BCUT2D eigenvalue weighted by Crippen LogP contribution is -2.33. The normalized spacial score (nSPS) is 11.3. The van der Waals surface area contributed by atoms with Gasteiger partial charge in [-0.05, 0) is 48.5 Å². The van der Waals surface area contributed by atoms with E-state index in [0.717, 1.165) is 18.5 Å². The van der Waals surface area contributed by atoms with E-state index in [1.165, 1.54) is 24.3 Å². The fraction of sp³-hybridized carbons (Fsp3) is 0.128. The van der Waals surface area contributed by atoms with Crippen LogP contribution < -0.4 is 14.9 Å². The molecule has 5 aromatic carbocycles. The summed E-state index contributed by atoms with van der Waals surface area (Å²) in [5.41, 5.74) is -4.07. The van der Waals surface area contributed by atoms with E-state index in [1.54, 1.807) is 24.3 Å². The standard InChI is InChI=1S/C39H27F3N4O5/c1-45(23-10-6-4-7-11-23)25-14-16-27-29(18-25)51-30-19-26(46(2)24-12-8-5-9-13-24)15-17-28(30)31(27)32-33(38(47)48)36(41)37(42)34(35(32)40)39(20-43,21-44)50-22-49-3/h4-19H,22H2,1-3H3. The lowest BCUT2D eigenvalue weighted by atomic mass is 9.86. The maximum Gasteiger partial charge on any atom is 0.363 e. The summed E-state index contributed by atoms with van der Waals surface area (Å²) in [5, 5.41) is 32.7. The molecule has 0 spiro atoms. The van der Waals surface area contributed by atoms with Crippen molar-refractivity contribution in [2.24, 2.45) is 0 Å². The zero-order chi connectivity index (χ0) is 36.4. The van der Waals surface area contributed by atoms with E-state index >= 15 is 13.2 Å². The second-order valence-corrected chi connectivity index (χ2v) is 11.4. The van der Waals surface area contributed by atoms with Gasteiger partial charge in [0.1, 0.15) is 24.7 Å². The third kappa shape index (κ3) is 5.93. The molecular formula is C39H27F3N4O5. The summed E-state index contributed by atoms with van der Waals surface area (Å²) in [6, 6.07) is 31.1. The van der Waals surface area contributed by atoms with Crippen LogP contribution in [0.5, 0.6) is 0 Å². The number of nitriles is 2. The van der Waals surface area contributed by atoms with Crippen molar-refractivity contribution in [3.8, 4) is 23.3 Å². The van der Waals surface area contributed by atoms with Crippen LogP contribution >= 0.6 is 0 Å². The number of hydrogen-bond donors (Lipinski definition) is 0. The minimum atomic E-state index is -3.08. The summed E-state index contributed by atoms with van der Waals surface area (Å²) in [7, 11) is 4.75. The number of aromatic carboxylic acids is 1. The van der Waals surface area contributed by atoms with E-state index < -0.39 is 52.5 Å². The number of carbonyl (C=O) groups excluding carboxylic acids is 1. The number of carbonyl (C=O) groups is 1. The molecule has 0 bridgehead atoms. The molecule has 0 amide bonds. The van der Waals surface area contributed by atoms with Gasteiger partial charge in [0, 0.05) is 49.3 Å². The van der Waals surface area contributed by atoms with Crippen LogP contribution in [0.1, 0.15) is 15.9 Å². The fourth-order valence-corrected chi connectivity index (χ4v) is 5.97. The molecule has 0 aliphatic carbocycles. The molecule has 6 rings (SSSR count). The van der Waals surface area contributed by atoms with Crippen molar-refractivity contribution in [2.45, 2.75) is 5.60 Å². The Hall–Kier alpha value is -6.47. The molecule has 0 aliphatic heterocycles. The van der Waals surface area contributed by atoms with Gasteiger partial charge in [0.25, 0.3) is 5.60 Å². The second kappa shape index (κ2) is 13.8. The van der Waals surface area contributed by atoms with Gasteiger partial charge in [-0.15, -0.1) is 0 Å². The number of benzene rings is 5. The van der Waals surface area contributed by atoms with E-state index in [1.807, 2.05) is 84.6 Å². The van der Waals surface area contributed by atoms with Crippen LogP contribution in [-0.4, -0.2) is 34.0 Å². The van der Waals surface area contributed by atoms with Crippen molar-refractivity contribution >= 4 is 50.7 Å². The van der Waals surface area contributed by atoms with Gasteiger partial charge in [0.2, 0.25) is 0 Å². The maximum atomic E-state index is 17.1. The number of para-hydroxylation sites is 2. The third-order valence-corrected chi connectivity index (χ3v) is 8.59. The van der Waals surface area contributed by atoms with E-state index in [0.29, 0.717) is 11.4 Å². The van der Waals surface area contributed by atoms with Crippen molar-refractivity contribution in [3.05, 3.63) is 126 Å². The molecule has 0 aliphatic rings. The van der Waals surface area contributed by atoms with Gasteiger partial charge in [0.05, 0.1) is 45.8 Å². The average Bonchev–Trinajstić information content (AvgIpc) is 3.16. The molecule has 12 heteroatoms. The third-order valence-electron chi connectivity index (χ3n) is 8.59. The highest BCUT2D eigenvalue weighted by molar-refractivity contribution is 6.13. The Morgan fingerprint density at radius 2 is 1.24 bits per heavy atom. The molecule has 6 aromatic rings. The molecule has 0 fully saturated rings. The Labute approximate surface area is 290 Å². The van der Waals surface area contributed by atoms with Crippen LogP contribution in [0.3, 0.4) is 0 Å². The molecule has 0 radical (unpaired) electrons. The molecular weight excluding hydrogens is 661 g/mol. The van der Waals surface area contributed by atoms with Gasteiger partial charge < -0.3 is 29.2 Å². The van der Waals surface area contributed by atoms with Crippen LogP contribution in [0.4, 0.5) is 35.9 Å². The monoisotopic (exact) mass is 688 g/mol. The van der Waals surface area contributed by atoms with Crippen molar-refractivity contribution in [1.82, 2.24) is 0 Å². The average molecular weight is 689 g/mol. The molecule has 0 N–H and O–H groups in total. The second-order valence-electron chi connectivity index (χ2n) is 11.4. The molecule has 1 aromatic heterocycles. The molecule has 0 saturated carbocycles. The molecule has 0 saturated heterocycles. The first-order valence-corrected chi connectivity index (χ1v) is 15.4. The molecule has 254 valence electrons. The molecule has 51 heavy (non-hydrogen) atoms. The highest BCUT2D eigenvalue weighted by atomic mass is 19.2. The van der Waals surface area contributed by atoms with Crippen molar-refractivity contribution in [1.29, 1.82) is 10.5 Å². The summed E-state index contributed by atoms with van der Waals surface area (Å²) < 4.78 is 65.1. The highest BCUT2D eigenvalue weighted by Crippen LogP contribution is 2.46. The van der Waals surface area contributed by atoms with Gasteiger partial charge in [-0.25, -0.2) is 17.6 Å². The first-order chi connectivity index (χ1) is 24.6. The number of rotatable bonds is 10. The van der Waals surface area contributed by atoms with Gasteiger partial charge in [0.15, 0.2) is 11.6 Å². The minimum Gasteiger partial charge on any atom is -0.545 e. The first-order valence-electron chi connectivity index (χ1n) is 15.4. The zero-order valence-electron chi connectivity index (χ0n) is 27.4. The van der Waals surface area contributed by atoms with Crippen LogP contribution in [-0.2, 0) is 15.1 Å². The number of methoxy groups -OCH3 is 1. The van der Waals surface area contributed by atoms with Gasteiger partial charge in [-0.2, -0.15) is 10.5 Å². The number of hydrogen-bond acceptors (Lipinski definition) is 8.